The van der Waals surface area contributed by atoms with E-state index in [-0.39, 0.29) is 31.0 Å². The van der Waals surface area contributed by atoms with E-state index in [1.54, 1.807) is 6.20 Å². The second kappa shape index (κ2) is 7.97. The highest BCUT2D eigenvalue weighted by atomic mass is 32.1. The number of nitrogens with zero attached hydrogens (tertiary/aromatic N) is 4. The number of hydrogen-bond acceptors (Lipinski definition) is 7. The third-order valence-electron chi connectivity index (χ3n) is 4.38. The molecule has 0 unspecified atom stereocenters. The zero-order valence-electron chi connectivity index (χ0n) is 15.2. The topological polar surface area (TPSA) is 117 Å². The average molecular weight is 416 g/mol. The van der Waals surface area contributed by atoms with E-state index in [4.69, 9.17) is 10.5 Å². The Morgan fingerprint density at radius 1 is 1.41 bits per heavy atom. The first-order valence-corrected chi connectivity index (χ1v) is 9.51. The van der Waals surface area contributed by atoms with Crippen molar-refractivity contribution in [2.45, 2.75) is 19.7 Å². The monoisotopic (exact) mass is 416 g/mol. The quantitative estimate of drug-likeness (QED) is 0.635. The summed E-state index contributed by atoms with van der Waals surface area (Å²) in [5, 5.41) is 6.57. The number of thiophene rings is 1. The van der Waals surface area contributed by atoms with Crippen LogP contribution < -0.4 is 16.7 Å². The van der Waals surface area contributed by atoms with E-state index in [0.717, 1.165) is 20.9 Å². The summed E-state index contributed by atoms with van der Waals surface area (Å²) in [6, 6.07) is 5.78. The lowest BCUT2D eigenvalue weighted by Crippen LogP contribution is -2.26. The summed E-state index contributed by atoms with van der Waals surface area (Å²) in [4.78, 5) is 29.9. The Hall–Kier alpha value is -3.31. The predicted molar refractivity (Wildman–Crippen MR) is 105 cm³/mol. The number of aromatic nitrogens is 4. The fourth-order valence-corrected chi connectivity index (χ4v) is 3.84. The highest BCUT2D eigenvalue weighted by molar-refractivity contribution is 7.15. The molecule has 11 heteroatoms. The van der Waals surface area contributed by atoms with Gasteiger partial charge in [-0.15, -0.1) is 11.3 Å². The van der Waals surface area contributed by atoms with Crippen molar-refractivity contribution in [2.24, 2.45) is 5.73 Å². The van der Waals surface area contributed by atoms with Crippen LogP contribution in [-0.2, 0) is 24.4 Å². The number of fused-ring (bicyclic) bond motifs is 1. The van der Waals surface area contributed by atoms with Crippen molar-refractivity contribution in [3.63, 3.8) is 0 Å². The predicted octanol–water partition coefficient (Wildman–Crippen LogP) is 2.09. The Labute approximate surface area is 168 Å². The molecule has 1 amide bonds. The van der Waals surface area contributed by atoms with Gasteiger partial charge in [-0.2, -0.15) is 5.10 Å². The molecule has 29 heavy (non-hydrogen) atoms. The Morgan fingerprint density at radius 2 is 2.28 bits per heavy atom. The third kappa shape index (κ3) is 3.96. The van der Waals surface area contributed by atoms with Crippen LogP contribution in [0.1, 0.15) is 10.4 Å². The summed E-state index contributed by atoms with van der Waals surface area (Å²) in [6.07, 6.45) is 3.00. The number of halogens is 1. The molecule has 150 valence electrons. The van der Waals surface area contributed by atoms with Crippen LogP contribution in [0.4, 0.5) is 15.0 Å². The van der Waals surface area contributed by atoms with Crippen molar-refractivity contribution in [1.82, 2.24) is 19.3 Å². The molecule has 0 aliphatic carbocycles. The lowest BCUT2D eigenvalue weighted by molar-refractivity contribution is 0.151. The molecule has 3 aromatic heterocycles. The SMILES string of the molecule is NC/C(=C\F)Cn1ncn(Cc2ccc(-c3cnc4c(c3)COC(=O)N4)s2)c1=O. The van der Waals surface area contributed by atoms with E-state index in [9.17, 15) is 14.0 Å². The molecule has 1 aliphatic rings. The lowest BCUT2D eigenvalue weighted by atomic mass is 10.1. The minimum Gasteiger partial charge on any atom is -0.444 e. The molecule has 0 atom stereocenters. The number of amides is 1. The van der Waals surface area contributed by atoms with Crippen molar-refractivity contribution in [3.8, 4) is 10.4 Å². The maximum absolute atomic E-state index is 12.7. The number of rotatable bonds is 6. The molecule has 0 aromatic carbocycles. The molecule has 4 rings (SSSR count). The van der Waals surface area contributed by atoms with Crippen LogP contribution in [0.25, 0.3) is 10.4 Å². The number of hydrogen-bond donors (Lipinski definition) is 2. The number of carbonyl (C=O) groups is 1. The van der Waals surface area contributed by atoms with E-state index >= 15 is 0 Å². The molecular formula is C18H17FN6O3S. The van der Waals surface area contributed by atoms with E-state index in [0.29, 0.717) is 18.7 Å². The average Bonchev–Trinajstić information content (AvgIpc) is 3.33. The van der Waals surface area contributed by atoms with E-state index in [1.165, 1.54) is 26.9 Å². The second-order valence-electron chi connectivity index (χ2n) is 6.37. The van der Waals surface area contributed by atoms with Gasteiger partial charge in [0.25, 0.3) is 0 Å². The molecule has 1 aliphatic heterocycles. The number of anilines is 1. The number of nitrogens with two attached hydrogens (primary N) is 1. The molecule has 0 saturated heterocycles. The first-order chi connectivity index (χ1) is 14.1. The Kier molecular flexibility index (Phi) is 5.23. The van der Waals surface area contributed by atoms with Gasteiger partial charge in [-0.3, -0.25) is 9.88 Å². The van der Waals surface area contributed by atoms with Crippen LogP contribution in [-0.4, -0.2) is 32.0 Å². The Bertz CT molecular complexity index is 1150. The van der Waals surface area contributed by atoms with Crippen LogP contribution in [0.15, 0.2) is 47.4 Å². The van der Waals surface area contributed by atoms with Gasteiger partial charge in [0.05, 0.1) is 19.4 Å². The lowest BCUT2D eigenvalue weighted by Gasteiger charge is -2.16. The summed E-state index contributed by atoms with van der Waals surface area (Å²) in [7, 11) is 0. The maximum atomic E-state index is 12.7. The standard InChI is InChI=1S/C18H17FN6O3S/c19-4-11(5-20)7-25-18(27)24(10-22-25)8-14-1-2-15(29-14)12-3-13-9-28-17(26)23-16(13)21-6-12/h1-4,6,10H,5,7-9,20H2,(H,21,23,26)/b11-4+. The Balaban J connectivity index is 1.51. The zero-order valence-corrected chi connectivity index (χ0v) is 16.0. The number of nitrogens with one attached hydrogen (secondary N) is 1. The number of carbonyl (C=O) groups excluding carboxylic acids is 1. The molecule has 3 aromatic rings. The van der Waals surface area contributed by atoms with Crippen LogP contribution in [0.3, 0.4) is 0 Å². The highest BCUT2D eigenvalue weighted by Crippen LogP contribution is 2.31. The van der Waals surface area contributed by atoms with Gasteiger partial charge in [0, 0.05) is 33.6 Å². The molecule has 0 radical (unpaired) electrons. The molecule has 0 fully saturated rings. The third-order valence-corrected chi connectivity index (χ3v) is 5.50. The zero-order chi connectivity index (χ0) is 20.4. The summed E-state index contributed by atoms with van der Waals surface area (Å²) in [5.41, 5.74) is 7.07. The van der Waals surface area contributed by atoms with Crippen molar-refractivity contribution in [2.75, 3.05) is 11.9 Å². The van der Waals surface area contributed by atoms with Crippen LogP contribution in [0.5, 0.6) is 0 Å². The fraction of sp³-hybridized carbons (Fsp3) is 0.222. The van der Waals surface area contributed by atoms with Crippen LogP contribution in [0.2, 0.25) is 0 Å². The first-order valence-electron chi connectivity index (χ1n) is 8.69. The molecule has 0 spiro atoms. The fourth-order valence-electron chi connectivity index (χ4n) is 2.85. The Morgan fingerprint density at radius 3 is 3.07 bits per heavy atom. The van der Waals surface area contributed by atoms with Crippen LogP contribution >= 0.6 is 11.3 Å². The van der Waals surface area contributed by atoms with Gasteiger partial charge in [-0.25, -0.2) is 23.6 Å². The normalized spacial score (nSPS) is 13.7. The summed E-state index contributed by atoms with van der Waals surface area (Å²) < 4.78 is 20.3. The first kappa shape index (κ1) is 19.0. The van der Waals surface area contributed by atoms with Gasteiger partial charge in [0.1, 0.15) is 18.8 Å². The highest BCUT2D eigenvalue weighted by Gasteiger charge is 2.18. The number of ether oxygens (including phenoxy) is 1. The van der Waals surface area contributed by atoms with Gasteiger partial charge in [0.2, 0.25) is 0 Å². The van der Waals surface area contributed by atoms with Gasteiger partial charge < -0.3 is 10.5 Å². The minimum absolute atomic E-state index is 0.0214. The van der Waals surface area contributed by atoms with Gasteiger partial charge >= 0.3 is 11.8 Å². The number of cyclic esters (lactones) is 1. The van der Waals surface area contributed by atoms with Crippen molar-refractivity contribution in [1.29, 1.82) is 0 Å². The molecule has 0 bridgehead atoms. The summed E-state index contributed by atoms with van der Waals surface area (Å²) in [5.74, 6) is 0.500. The molecule has 0 saturated carbocycles. The maximum Gasteiger partial charge on any atom is 0.413 e. The van der Waals surface area contributed by atoms with Crippen molar-refractivity contribution < 1.29 is 13.9 Å². The molecule has 9 nitrogen and oxygen atoms in total. The minimum atomic E-state index is -0.511. The van der Waals surface area contributed by atoms with E-state index in [1.807, 2.05) is 18.2 Å². The molecular weight excluding hydrogens is 399 g/mol. The summed E-state index contributed by atoms with van der Waals surface area (Å²) >= 11 is 1.52. The van der Waals surface area contributed by atoms with Crippen molar-refractivity contribution >= 4 is 23.2 Å². The van der Waals surface area contributed by atoms with E-state index < -0.39 is 6.09 Å². The van der Waals surface area contributed by atoms with Crippen molar-refractivity contribution in [3.05, 3.63) is 63.6 Å². The largest absolute Gasteiger partial charge is 0.444 e. The number of pyridine rings is 1. The molecule has 3 N–H and O–H groups in total. The summed E-state index contributed by atoms with van der Waals surface area (Å²) in [6.45, 7) is 0.562. The van der Waals surface area contributed by atoms with Crippen LogP contribution in [0, 0.1) is 0 Å². The van der Waals surface area contributed by atoms with Gasteiger partial charge in [-0.05, 0) is 23.8 Å². The smallest absolute Gasteiger partial charge is 0.413 e. The second-order valence-corrected chi connectivity index (χ2v) is 7.54. The van der Waals surface area contributed by atoms with E-state index in [2.05, 4.69) is 15.4 Å². The molecule has 4 heterocycles. The van der Waals surface area contributed by atoms with Gasteiger partial charge in [0.15, 0.2) is 0 Å². The van der Waals surface area contributed by atoms with Gasteiger partial charge in [-0.1, -0.05) is 0 Å².